The summed E-state index contributed by atoms with van der Waals surface area (Å²) in [6, 6.07) is 4.52. The summed E-state index contributed by atoms with van der Waals surface area (Å²) in [4.78, 5) is 0. The molecule has 0 spiro atoms. The number of aryl methyl sites for hydroxylation is 1. The summed E-state index contributed by atoms with van der Waals surface area (Å²) in [6.45, 7) is 1.80. The molecule has 0 aliphatic carbocycles. The fourth-order valence-electron chi connectivity index (χ4n) is 0.746. The molecule has 1 aromatic carbocycles. The molecule has 0 bridgehead atoms. The number of hydrogen-bond acceptors (Lipinski definition) is 0. The van der Waals surface area contributed by atoms with Crippen LogP contribution in [-0.2, 0) is 6.42 Å². The van der Waals surface area contributed by atoms with Crippen molar-refractivity contribution in [2.45, 2.75) is 13.3 Å². The lowest BCUT2D eigenvalue weighted by Gasteiger charge is -1.96. The molecule has 0 nitrogen and oxygen atoms in total. The SMILES string of the molecule is CCc1[c]cc(F)cc1F. The Labute approximate surface area is 58.5 Å². The van der Waals surface area contributed by atoms with E-state index in [1.54, 1.807) is 6.92 Å². The average Bonchev–Trinajstić information content (AvgIpc) is 1.88. The van der Waals surface area contributed by atoms with Crippen LogP contribution < -0.4 is 0 Å². The van der Waals surface area contributed by atoms with Crippen LogP contribution in [0.1, 0.15) is 12.5 Å². The molecule has 0 aliphatic rings. The van der Waals surface area contributed by atoms with Crippen molar-refractivity contribution < 1.29 is 8.78 Å². The van der Waals surface area contributed by atoms with E-state index < -0.39 is 11.6 Å². The molecule has 0 amide bonds. The predicted octanol–water partition coefficient (Wildman–Crippen LogP) is 2.33. The highest BCUT2D eigenvalue weighted by Crippen LogP contribution is 2.08. The first-order chi connectivity index (χ1) is 4.74. The molecule has 0 saturated heterocycles. The van der Waals surface area contributed by atoms with Gasteiger partial charge in [-0.3, -0.25) is 0 Å². The summed E-state index contributed by atoms with van der Waals surface area (Å²) < 4.78 is 24.8. The van der Waals surface area contributed by atoms with Crippen LogP contribution in [-0.4, -0.2) is 0 Å². The Kier molecular flexibility index (Phi) is 2.00. The van der Waals surface area contributed by atoms with Gasteiger partial charge in [-0.2, -0.15) is 0 Å². The van der Waals surface area contributed by atoms with Gasteiger partial charge in [0.1, 0.15) is 11.6 Å². The van der Waals surface area contributed by atoms with Crippen molar-refractivity contribution in [3.8, 4) is 0 Å². The van der Waals surface area contributed by atoms with E-state index in [1.165, 1.54) is 0 Å². The molecule has 0 aliphatic heterocycles. The van der Waals surface area contributed by atoms with Crippen molar-refractivity contribution in [1.82, 2.24) is 0 Å². The number of hydrogen-bond donors (Lipinski definition) is 0. The second kappa shape index (κ2) is 2.78. The Bertz CT molecular complexity index is 231. The predicted molar refractivity (Wildman–Crippen MR) is 34.6 cm³/mol. The van der Waals surface area contributed by atoms with Crippen LogP contribution in [0.3, 0.4) is 0 Å². The first-order valence-corrected chi connectivity index (χ1v) is 3.09. The van der Waals surface area contributed by atoms with Gasteiger partial charge in [0.25, 0.3) is 0 Å². The van der Waals surface area contributed by atoms with Crippen molar-refractivity contribution in [3.05, 3.63) is 35.4 Å². The second-order valence-electron chi connectivity index (χ2n) is 2.00. The minimum Gasteiger partial charge on any atom is -0.207 e. The topological polar surface area (TPSA) is 0 Å². The Morgan fingerprint density at radius 2 is 2.20 bits per heavy atom. The van der Waals surface area contributed by atoms with Crippen molar-refractivity contribution >= 4 is 0 Å². The van der Waals surface area contributed by atoms with Crippen molar-refractivity contribution in [3.63, 3.8) is 0 Å². The maximum absolute atomic E-state index is 12.6. The third-order valence-corrected chi connectivity index (χ3v) is 1.29. The molecule has 10 heavy (non-hydrogen) atoms. The zero-order chi connectivity index (χ0) is 7.56. The lowest BCUT2D eigenvalue weighted by atomic mass is 10.1. The van der Waals surface area contributed by atoms with Gasteiger partial charge in [-0.05, 0) is 24.1 Å². The lowest BCUT2D eigenvalue weighted by Crippen LogP contribution is -1.88. The van der Waals surface area contributed by atoms with Crippen LogP contribution in [0.25, 0.3) is 0 Å². The van der Waals surface area contributed by atoms with E-state index in [0.717, 1.165) is 12.1 Å². The Hall–Kier alpha value is -0.920. The molecule has 0 atom stereocenters. The van der Waals surface area contributed by atoms with Crippen molar-refractivity contribution in [1.29, 1.82) is 0 Å². The molecule has 0 heterocycles. The van der Waals surface area contributed by atoms with Crippen LogP contribution in [0.15, 0.2) is 12.1 Å². The largest absolute Gasteiger partial charge is 0.207 e. The Morgan fingerprint density at radius 3 is 2.70 bits per heavy atom. The molecule has 0 fully saturated rings. The van der Waals surface area contributed by atoms with Gasteiger partial charge in [-0.15, -0.1) is 0 Å². The van der Waals surface area contributed by atoms with Gasteiger partial charge in [0.05, 0.1) is 0 Å². The summed E-state index contributed by atoms with van der Waals surface area (Å²) in [5.74, 6) is -1.09. The van der Waals surface area contributed by atoms with Crippen molar-refractivity contribution in [2.75, 3.05) is 0 Å². The van der Waals surface area contributed by atoms with Gasteiger partial charge in [0, 0.05) is 6.07 Å². The standard InChI is InChI=1S/C8H7F2/c1-2-6-3-4-7(9)5-8(6)10/h4-5H,2H2,1H3. The highest BCUT2D eigenvalue weighted by Gasteiger charge is 1.99. The minimum atomic E-state index is -0.574. The molecular weight excluding hydrogens is 134 g/mol. The van der Waals surface area contributed by atoms with E-state index in [1.807, 2.05) is 0 Å². The minimum absolute atomic E-state index is 0.432. The molecule has 1 rings (SSSR count). The fraction of sp³-hybridized carbons (Fsp3) is 0.250. The zero-order valence-corrected chi connectivity index (χ0v) is 5.62. The van der Waals surface area contributed by atoms with Crippen LogP contribution in [0.2, 0.25) is 0 Å². The monoisotopic (exact) mass is 141 g/mol. The molecule has 0 aromatic heterocycles. The first-order valence-electron chi connectivity index (χ1n) is 3.09. The molecule has 0 unspecified atom stereocenters. The van der Waals surface area contributed by atoms with Gasteiger partial charge in [-0.1, -0.05) is 6.92 Å². The van der Waals surface area contributed by atoms with E-state index in [2.05, 4.69) is 6.07 Å². The zero-order valence-electron chi connectivity index (χ0n) is 5.62. The summed E-state index contributed by atoms with van der Waals surface area (Å²) in [5, 5.41) is 0. The van der Waals surface area contributed by atoms with E-state index in [0.29, 0.717) is 12.0 Å². The summed E-state index contributed by atoms with van der Waals surface area (Å²) in [7, 11) is 0. The molecule has 1 radical (unpaired) electrons. The van der Waals surface area contributed by atoms with Crippen LogP contribution >= 0.6 is 0 Å². The number of halogens is 2. The van der Waals surface area contributed by atoms with Gasteiger partial charge < -0.3 is 0 Å². The van der Waals surface area contributed by atoms with E-state index in [-0.39, 0.29) is 0 Å². The maximum atomic E-state index is 12.6. The highest BCUT2D eigenvalue weighted by molar-refractivity contribution is 5.16. The number of benzene rings is 1. The van der Waals surface area contributed by atoms with Gasteiger partial charge in [0.15, 0.2) is 0 Å². The third-order valence-electron chi connectivity index (χ3n) is 1.29. The van der Waals surface area contributed by atoms with Crippen LogP contribution in [0, 0.1) is 17.7 Å². The molecule has 1 aromatic rings. The second-order valence-corrected chi connectivity index (χ2v) is 2.00. The molecular formula is C8H7F2. The maximum Gasteiger partial charge on any atom is 0.129 e. The Balaban J connectivity index is 3.07. The Morgan fingerprint density at radius 1 is 1.50 bits per heavy atom. The van der Waals surface area contributed by atoms with E-state index in [4.69, 9.17) is 0 Å². The smallest absolute Gasteiger partial charge is 0.129 e. The average molecular weight is 141 g/mol. The van der Waals surface area contributed by atoms with Crippen molar-refractivity contribution in [2.24, 2.45) is 0 Å². The summed E-state index contributed by atoms with van der Waals surface area (Å²) in [5.41, 5.74) is 0.432. The quantitative estimate of drug-likeness (QED) is 0.563. The molecule has 0 saturated carbocycles. The summed E-state index contributed by atoms with van der Waals surface area (Å²) >= 11 is 0. The van der Waals surface area contributed by atoms with Gasteiger partial charge in [0.2, 0.25) is 0 Å². The summed E-state index contributed by atoms with van der Waals surface area (Å²) in [6.07, 6.45) is 0.548. The van der Waals surface area contributed by atoms with Crippen LogP contribution in [0.4, 0.5) is 8.78 Å². The van der Waals surface area contributed by atoms with E-state index in [9.17, 15) is 8.78 Å². The van der Waals surface area contributed by atoms with Gasteiger partial charge >= 0.3 is 0 Å². The first kappa shape index (κ1) is 7.19. The highest BCUT2D eigenvalue weighted by atomic mass is 19.1. The normalized spacial score (nSPS) is 9.90. The fourth-order valence-corrected chi connectivity index (χ4v) is 0.746. The van der Waals surface area contributed by atoms with Gasteiger partial charge in [-0.25, -0.2) is 8.78 Å². The number of rotatable bonds is 1. The lowest BCUT2D eigenvalue weighted by molar-refractivity contribution is 0.573. The molecule has 53 valence electrons. The van der Waals surface area contributed by atoms with E-state index >= 15 is 0 Å². The molecule has 0 N–H and O–H groups in total. The third kappa shape index (κ3) is 1.32. The van der Waals surface area contributed by atoms with Crippen LogP contribution in [0.5, 0.6) is 0 Å². The molecule has 2 heteroatoms.